The second kappa shape index (κ2) is 4.91. The molecule has 0 unspecified atom stereocenters. The molecular formula is C8H19OSi. The molecule has 0 atom stereocenters. The van der Waals surface area contributed by atoms with Crippen molar-refractivity contribution in [3.8, 4) is 0 Å². The van der Waals surface area contributed by atoms with E-state index < -0.39 is 8.32 Å². The van der Waals surface area contributed by atoms with Crippen molar-refractivity contribution in [1.29, 1.82) is 0 Å². The maximum atomic E-state index is 9.44. The van der Waals surface area contributed by atoms with Crippen molar-refractivity contribution in [2.24, 2.45) is 0 Å². The van der Waals surface area contributed by atoms with Crippen LogP contribution < -0.4 is 0 Å². The Balaban J connectivity index is 3.04. The Morgan fingerprint density at radius 1 is 1.20 bits per heavy atom. The van der Waals surface area contributed by atoms with E-state index in [1.807, 2.05) is 13.1 Å². The molecule has 1 nitrogen and oxygen atoms in total. The minimum absolute atomic E-state index is 1.04. The minimum Gasteiger partial charge on any atom is -0.432 e. The Kier molecular flexibility index (Phi) is 5.00. The van der Waals surface area contributed by atoms with E-state index in [-0.39, 0.29) is 0 Å². The highest BCUT2D eigenvalue weighted by atomic mass is 28.4. The Hall–Kier alpha value is 0.177. The van der Waals surface area contributed by atoms with E-state index in [9.17, 15) is 4.80 Å². The van der Waals surface area contributed by atoms with Crippen molar-refractivity contribution in [3.05, 3.63) is 6.92 Å². The largest absolute Gasteiger partial charge is 0.432 e. The summed E-state index contributed by atoms with van der Waals surface area (Å²) in [7, 11) is -1.73. The van der Waals surface area contributed by atoms with Gasteiger partial charge in [0.05, 0.1) is 0 Å². The quantitative estimate of drug-likeness (QED) is 0.483. The first-order valence-electron chi connectivity index (χ1n) is 4.08. The fourth-order valence-corrected chi connectivity index (χ4v) is 2.03. The average Bonchev–Trinajstić information content (AvgIpc) is 1.78. The van der Waals surface area contributed by atoms with Crippen LogP contribution in [0, 0.1) is 6.92 Å². The zero-order valence-corrected chi connectivity index (χ0v) is 8.19. The first-order valence-corrected chi connectivity index (χ1v) is 7.23. The standard InChI is InChI=1S/C8H19OSi/c1-4-5-6-7-8-10(2,3)9/h9H,1,4-8H2,2-3H3. The van der Waals surface area contributed by atoms with Gasteiger partial charge in [-0.2, -0.15) is 0 Å². The highest BCUT2D eigenvalue weighted by molar-refractivity contribution is 6.69. The van der Waals surface area contributed by atoms with Crippen LogP contribution >= 0.6 is 0 Å². The van der Waals surface area contributed by atoms with E-state index in [0.717, 1.165) is 12.5 Å². The lowest BCUT2D eigenvalue weighted by molar-refractivity contribution is 0.539. The monoisotopic (exact) mass is 159 g/mol. The molecule has 0 rings (SSSR count). The predicted molar refractivity (Wildman–Crippen MR) is 48.3 cm³/mol. The normalized spacial score (nSPS) is 12.0. The predicted octanol–water partition coefficient (Wildman–Crippen LogP) is 2.58. The molecule has 61 valence electrons. The van der Waals surface area contributed by atoms with Gasteiger partial charge in [-0.1, -0.05) is 32.6 Å². The topological polar surface area (TPSA) is 20.2 Å². The second-order valence-corrected chi connectivity index (χ2v) is 7.60. The molecule has 1 N–H and O–H groups in total. The molecule has 0 aromatic rings. The molecule has 0 saturated carbocycles. The van der Waals surface area contributed by atoms with Gasteiger partial charge in [-0.15, -0.1) is 0 Å². The molecule has 0 saturated heterocycles. The van der Waals surface area contributed by atoms with Crippen LogP contribution in [0.4, 0.5) is 0 Å². The van der Waals surface area contributed by atoms with Gasteiger partial charge in [0.15, 0.2) is 8.32 Å². The van der Waals surface area contributed by atoms with Gasteiger partial charge in [-0.25, -0.2) is 0 Å². The van der Waals surface area contributed by atoms with E-state index >= 15 is 0 Å². The summed E-state index contributed by atoms with van der Waals surface area (Å²) in [4.78, 5) is 9.44. The van der Waals surface area contributed by atoms with Crippen LogP contribution in [-0.2, 0) is 0 Å². The smallest absolute Gasteiger partial charge is 0.182 e. The van der Waals surface area contributed by atoms with Gasteiger partial charge < -0.3 is 4.80 Å². The van der Waals surface area contributed by atoms with Gasteiger partial charge in [0, 0.05) is 0 Å². The fourth-order valence-electron chi connectivity index (χ4n) is 0.911. The fraction of sp³-hybridized carbons (Fsp3) is 0.875. The first kappa shape index (κ1) is 10.2. The summed E-state index contributed by atoms with van der Waals surface area (Å²) in [5, 5.41) is 0. The summed E-state index contributed by atoms with van der Waals surface area (Å²) in [5.74, 6) is 0. The molecule has 2 heteroatoms. The van der Waals surface area contributed by atoms with Gasteiger partial charge in [0.1, 0.15) is 0 Å². The van der Waals surface area contributed by atoms with Gasteiger partial charge >= 0.3 is 0 Å². The van der Waals surface area contributed by atoms with Crippen LogP contribution in [-0.4, -0.2) is 13.1 Å². The number of hydrogen-bond donors (Lipinski definition) is 1. The Morgan fingerprint density at radius 3 is 2.20 bits per heavy atom. The third-order valence-electron chi connectivity index (χ3n) is 1.54. The van der Waals surface area contributed by atoms with Crippen LogP contribution in [0.2, 0.25) is 19.1 Å². The molecule has 0 aliphatic carbocycles. The summed E-state index contributed by atoms with van der Waals surface area (Å²) >= 11 is 0. The molecule has 0 aliphatic rings. The SMILES string of the molecule is [CH2]CCCCC[Si](C)(C)O. The van der Waals surface area contributed by atoms with Gasteiger partial charge in [0.2, 0.25) is 0 Å². The first-order chi connectivity index (χ1) is 4.56. The highest BCUT2D eigenvalue weighted by Gasteiger charge is 2.14. The average molecular weight is 159 g/mol. The lowest BCUT2D eigenvalue weighted by atomic mass is 10.2. The van der Waals surface area contributed by atoms with Crippen molar-refractivity contribution in [2.75, 3.05) is 0 Å². The Labute approximate surface area is 65.6 Å². The summed E-state index contributed by atoms with van der Waals surface area (Å²) in [5.41, 5.74) is 0. The number of rotatable bonds is 5. The van der Waals surface area contributed by atoms with Gasteiger partial charge in [-0.05, 0) is 19.1 Å². The molecule has 0 spiro atoms. The summed E-state index contributed by atoms with van der Waals surface area (Å²) in [6.45, 7) is 7.76. The van der Waals surface area contributed by atoms with Crippen LogP contribution in [0.1, 0.15) is 25.7 Å². The maximum Gasteiger partial charge on any atom is 0.182 e. The van der Waals surface area contributed by atoms with E-state index in [1.54, 1.807) is 0 Å². The second-order valence-electron chi connectivity index (χ2n) is 3.48. The zero-order valence-electron chi connectivity index (χ0n) is 7.19. The lowest BCUT2D eigenvalue weighted by Crippen LogP contribution is -2.23. The van der Waals surface area contributed by atoms with Crippen molar-refractivity contribution >= 4 is 8.32 Å². The minimum atomic E-state index is -1.73. The number of hydrogen-bond acceptors (Lipinski definition) is 1. The molecule has 0 heterocycles. The summed E-state index contributed by atoms with van der Waals surface area (Å²) < 4.78 is 0. The molecule has 0 aromatic carbocycles. The lowest BCUT2D eigenvalue weighted by Gasteiger charge is -2.12. The molecule has 0 aromatic heterocycles. The van der Waals surface area contributed by atoms with Crippen LogP contribution in [0.15, 0.2) is 0 Å². The molecule has 0 amide bonds. The van der Waals surface area contributed by atoms with Crippen molar-refractivity contribution in [2.45, 2.75) is 44.8 Å². The summed E-state index contributed by atoms with van der Waals surface area (Å²) in [6.07, 6.45) is 4.67. The molecule has 0 bridgehead atoms. The third kappa shape index (κ3) is 8.18. The van der Waals surface area contributed by atoms with Crippen LogP contribution in [0.3, 0.4) is 0 Å². The molecule has 0 aliphatic heterocycles. The Morgan fingerprint density at radius 2 is 1.80 bits per heavy atom. The summed E-state index contributed by atoms with van der Waals surface area (Å²) in [6, 6.07) is 1.05. The van der Waals surface area contributed by atoms with E-state index in [4.69, 9.17) is 0 Å². The zero-order chi connectivity index (χ0) is 8.04. The molecular weight excluding hydrogens is 140 g/mol. The Bertz CT molecular complexity index is 75.8. The highest BCUT2D eigenvalue weighted by Crippen LogP contribution is 2.11. The van der Waals surface area contributed by atoms with Gasteiger partial charge in [-0.3, -0.25) is 0 Å². The third-order valence-corrected chi connectivity index (χ3v) is 3.12. The van der Waals surface area contributed by atoms with Crippen LogP contribution in [0.5, 0.6) is 0 Å². The maximum absolute atomic E-state index is 9.44. The number of unbranched alkanes of at least 4 members (excludes halogenated alkanes) is 3. The molecule has 1 radical (unpaired) electrons. The molecule has 0 fully saturated rings. The van der Waals surface area contributed by atoms with Crippen molar-refractivity contribution in [3.63, 3.8) is 0 Å². The van der Waals surface area contributed by atoms with E-state index in [1.165, 1.54) is 19.3 Å². The molecule has 10 heavy (non-hydrogen) atoms. The van der Waals surface area contributed by atoms with Gasteiger partial charge in [0.25, 0.3) is 0 Å². The van der Waals surface area contributed by atoms with Crippen molar-refractivity contribution in [1.82, 2.24) is 0 Å². The van der Waals surface area contributed by atoms with E-state index in [0.29, 0.717) is 0 Å². The van der Waals surface area contributed by atoms with Crippen molar-refractivity contribution < 1.29 is 4.80 Å². The van der Waals surface area contributed by atoms with E-state index in [2.05, 4.69) is 6.92 Å². The van der Waals surface area contributed by atoms with Crippen LogP contribution in [0.25, 0.3) is 0 Å².